The molecule has 0 saturated carbocycles. The van der Waals surface area contributed by atoms with Crippen molar-refractivity contribution < 1.29 is 55.1 Å². The molecule has 12 heteroatoms. The first-order valence-electron chi connectivity index (χ1n) is 10.3. The van der Waals surface area contributed by atoms with Crippen molar-refractivity contribution in [3.63, 3.8) is 0 Å². The molecule has 2 fully saturated rings. The molecule has 0 aromatic heterocycles. The molecule has 0 unspecified atom stereocenters. The maximum absolute atomic E-state index is 10.4. The number of nitrogens with one attached hydrogen (secondary N) is 1. The average molecular weight is 441 g/mol. The molecule has 0 bridgehead atoms. The summed E-state index contributed by atoms with van der Waals surface area (Å²) in [7, 11) is 0. The third-order valence-electron chi connectivity index (χ3n) is 5.58. The van der Waals surface area contributed by atoms with E-state index in [2.05, 4.69) is 12.2 Å². The van der Waals surface area contributed by atoms with Gasteiger partial charge in [-0.3, -0.25) is 5.32 Å². The Bertz CT molecular complexity index is 513. The quantitative estimate of drug-likeness (QED) is 0.149. The van der Waals surface area contributed by atoms with Crippen LogP contribution in [0.5, 0.6) is 0 Å². The highest BCUT2D eigenvalue weighted by molar-refractivity contribution is 4.99. The van der Waals surface area contributed by atoms with Crippen molar-refractivity contribution in [3.05, 3.63) is 0 Å². The Hall–Kier alpha value is -0.480. The number of rotatable bonds is 10. The molecular formula is C18H35NO11. The SMILES string of the molecule is CCCCCCN[C@]1(CO)O[C@H](O[C@H]2[C@H](O)[C@@H](O)[C@H](O)O[C@@H]2CO)[C@H](O)[C@@H](O)[C@H]1O. The van der Waals surface area contributed by atoms with Crippen molar-refractivity contribution >= 4 is 0 Å². The minimum absolute atomic E-state index is 0.340. The summed E-state index contributed by atoms with van der Waals surface area (Å²) in [6.07, 6.45) is -11.2. The third kappa shape index (κ3) is 5.46. The summed E-state index contributed by atoms with van der Waals surface area (Å²) in [6.45, 7) is 0.933. The third-order valence-corrected chi connectivity index (χ3v) is 5.58. The average Bonchev–Trinajstić information content (AvgIpc) is 2.74. The van der Waals surface area contributed by atoms with Crippen molar-refractivity contribution in [1.29, 1.82) is 0 Å². The smallest absolute Gasteiger partial charge is 0.189 e. The summed E-state index contributed by atoms with van der Waals surface area (Å²) in [5.41, 5.74) is -1.86. The van der Waals surface area contributed by atoms with E-state index in [1.807, 2.05) is 0 Å². The molecule has 0 aliphatic carbocycles. The first-order chi connectivity index (χ1) is 14.2. The lowest BCUT2D eigenvalue weighted by molar-refractivity contribution is -0.380. The van der Waals surface area contributed by atoms with Crippen LogP contribution in [0.1, 0.15) is 32.6 Å². The van der Waals surface area contributed by atoms with Crippen LogP contribution in [-0.4, -0.2) is 122 Å². The highest BCUT2D eigenvalue weighted by Crippen LogP contribution is 2.32. The van der Waals surface area contributed by atoms with Crippen molar-refractivity contribution in [2.45, 2.75) is 93.6 Å². The van der Waals surface area contributed by atoms with Crippen LogP contribution < -0.4 is 5.32 Å². The van der Waals surface area contributed by atoms with Gasteiger partial charge in [0, 0.05) is 0 Å². The van der Waals surface area contributed by atoms with Crippen LogP contribution in [0.15, 0.2) is 0 Å². The summed E-state index contributed by atoms with van der Waals surface area (Å²) in [5, 5.41) is 82.8. The zero-order valence-corrected chi connectivity index (χ0v) is 16.9. The molecule has 0 amide bonds. The summed E-state index contributed by atoms with van der Waals surface area (Å²) in [6, 6.07) is 0. The molecule has 2 saturated heterocycles. The first kappa shape index (κ1) is 25.8. The van der Waals surface area contributed by atoms with Gasteiger partial charge < -0.3 is 55.1 Å². The minimum Gasteiger partial charge on any atom is -0.394 e. The van der Waals surface area contributed by atoms with Gasteiger partial charge in [0.05, 0.1) is 13.2 Å². The van der Waals surface area contributed by atoms with Crippen molar-refractivity contribution in [3.8, 4) is 0 Å². The summed E-state index contributed by atoms with van der Waals surface area (Å²) < 4.78 is 16.1. The molecule has 30 heavy (non-hydrogen) atoms. The fourth-order valence-corrected chi connectivity index (χ4v) is 3.65. The zero-order valence-electron chi connectivity index (χ0n) is 16.9. The largest absolute Gasteiger partial charge is 0.394 e. The Balaban J connectivity index is 2.14. The molecule has 0 aromatic rings. The number of unbranched alkanes of at least 4 members (excludes halogenated alkanes) is 3. The van der Waals surface area contributed by atoms with Crippen LogP contribution in [0.3, 0.4) is 0 Å². The number of aliphatic hydroxyl groups excluding tert-OH is 8. The van der Waals surface area contributed by atoms with Gasteiger partial charge in [-0.25, -0.2) is 0 Å². The maximum Gasteiger partial charge on any atom is 0.189 e. The Kier molecular flexibility index (Phi) is 9.80. The van der Waals surface area contributed by atoms with E-state index >= 15 is 0 Å². The standard InChI is InChI=1S/C18H35NO11/c1-2-3-4-5-6-19-18(8-21)15(26)11(23)13(25)17(30-18)29-14-9(7-20)28-16(27)12(24)10(14)22/h9-17,19-27H,2-8H2,1H3/t9-,10-,11-,12-,13-,14-,15-,16-,17+,18-/m1/s1. The summed E-state index contributed by atoms with van der Waals surface area (Å²) >= 11 is 0. The first-order valence-corrected chi connectivity index (χ1v) is 10.3. The molecule has 2 aliphatic rings. The molecule has 2 aliphatic heterocycles. The van der Waals surface area contributed by atoms with Crippen LogP contribution in [0.2, 0.25) is 0 Å². The Morgan fingerprint density at radius 1 is 0.900 bits per heavy atom. The van der Waals surface area contributed by atoms with Gasteiger partial charge >= 0.3 is 0 Å². The van der Waals surface area contributed by atoms with Crippen LogP contribution in [-0.2, 0) is 14.2 Å². The van der Waals surface area contributed by atoms with Gasteiger partial charge in [0.25, 0.3) is 0 Å². The van der Waals surface area contributed by atoms with Gasteiger partial charge in [0.1, 0.15) is 42.7 Å². The topological polar surface area (TPSA) is 202 Å². The van der Waals surface area contributed by atoms with Gasteiger partial charge in [0.15, 0.2) is 18.3 Å². The Labute approximate surface area is 174 Å². The molecule has 10 atom stereocenters. The van der Waals surface area contributed by atoms with Gasteiger partial charge in [0.2, 0.25) is 0 Å². The second-order valence-corrected chi connectivity index (χ2v) is 7.78. The molecule has 2 rings (SSSR count). The van der Waals surface area contributed by atoms with E-state index in [0.717, 1.165) is 19.3 Å². The van der Waals surface area contributed by atoms with Crippen LogP contribution >= 0.6 is 0 Å². The molecule has 0 spiro atoms. The Morgan fingerprint density at radius 3 is 2.20 bits per heavy atom. The van der Waals surface area contributed by atoms with Gasteiger partial charge in [-0.05, 0) is 13.0 Å². The lowest BCUT2D eigenvalue weighted by Gasteiger charge is -2.50. The van der Waals surface area contributed by atoms with Crippen molar-refractivity contribution in [1.82, 2.24) is 5.32 Å². The van der Waals surface area contributed by atoms with Crippen LogP contribution in [0, 0.1) is 0 Å². The van der Waals surface area contributed by atoms with E-state index in [1.54, 1.807) is 0 Å². The van der Waals surface area contributed by atoms with Gasteiger partial charge in [-0.1, -0.05) is 26.2 Å². The van der Waals surface area contributed by atoms with E-state index < -0.39 is 74.2 Å². The predicted molar refractivity (Wildman–Crippen MR) is 99.7 cm³/mol. The van der Waals surface area contributed by atoms with E-state index in [0.29, 0.717) is 13.0 Å². The molecule has 2 heterocycles. The zero-order chi connectivity index (χ0) is 22.5. The van der Waals surface area contributed by atoms with Crippen molar-refractivity contribution in [2.75, 3.05) is 19.8 Å². The van der Waals surface area contributed by atoms with E-state index in [1.165, 1.54) is 0 Å². The Morgan fingerprint density at radius 2 is 1.60 bits per heavy atom. The van der Waals surface area contributed by atoms with E-state index in [9.17, 15) is 40.9 Å². The number of ether oxygens (including phenoxy) is 3. The predicted octanol–water partition coefficient (Wildman–Crippen LogP) is -3.90. The summed E-state index contributed by atoms with van der Waals surface area (Å²) in [4.78, 5) is 0. The van der Waals surface area contributed by atoms with Crippen LogP contribution in [0.4, 0.5) is 0 Å². The number of aliphatic hydroxyl groups is 8. The lowest BCUT2D eigenvalue weighted by atomic mass is 9.93. The summed E-state index contributed by atoms with van der Waals surface area (Å²) in [5.74, 6) is 0. The second kappa shape index (κ2) is 11.4. The fraction of sp³-hybridized carbons (Fsp3) is 1.00. The normalized spacial score (nSPS) is 44.9. The molecule has 0 radical (unpaired) electrons. The maximum atomic E-state index is 10.4. The second-order valence-electron chi connectivity index (χ2n) is 7.78. The molecule has 9 N–H and O–H groups in total. The fourth-order valence-electron chi connectivity index (χ4n) is 3.65. The van der Waals surface area contributed by atoms with E-state index in [-0.39, 0.29) is 0 Å². The molecule has 0 aromatic carbocycles. The minimum atomic E-state index is -1.86. The number of hydrogen-bond acceptors (Lipinski definition) is 12. The highest BCUT2D eigenvalue weighted by atomic mass is 16.7. The van der Waals surface area contributed by atoms with Crippen molar-refractivity contribution in [2.24, 2.45) is 0 Å². The van der Waals surface area contributed by atoms with Crippen LogP contribution in [0.25, 0.3) is 0 Å². The number of hydrogen-bond donors (Lipinski definition) is 9. The van der Waals surface area contributed by atoms with E-state index in [4.69, 9.17) is 14.2 Å². The highest BCUT2D eigenvalue weighted by Gasteiger charge is 2.55. The lowest BCUT2D eigenvalue weighted by Crippen LogP contribution is -2.73. The molecular weight excluding hydrogens is 406 g/mol. The van der Waals surface area contributed by atoms with Gasteiger partial charge in [-0.15, -0.1) is 0 Å². The molecule has 12 nitrogen and oxygen atoms in total. The molecule has 178 valence electrons. The monoisotopic (exact) mass is 441 g/mol. The van der Waals surface area contributed by atoms with Gasteiger partial charge in [-0.2, -0.15) is 0 Å².